The van der Waals surface area contributed by atoms with Gasteiger partial charge in [0.15, 0.2) is 0 Å². The van der Waals surface area contributed by atoms with Crippen LogP contribution in [0, 0.1) is 0 Å². The van der Waals surface area contributed by atoms with E-state index in [1.165, 1.54) is 24.3 Å². The third-order valence-electron chi connectivity index (χ3n) is 4.73. The maximum absolute atomic E-state index is 12.8. The number of nitrogens with one attached hydrogen (secondary N) is 1. The molecule has 6 nitrogen and oxygen atoms in total. The molecule has 0 aliphatic rings. The average molecular weight is 435 g/mol. The number of nitrogens with zero attached hydrogens (tertiary/aromatic N) is 2. The van der Waals surface area contributed by atoms with Crippen molar-refractivity contribution in [2.75, 3.05) is 12.4 Å². The van der Waals surface area contributed by atoms with Crippen LogP contribution in [-0.4, -0.2) is 29.2 Å². The van der Waals surface area contributed by atoms with Crippen molar-refractivity contribution < 1.29 is 23.0 Å². The number of hydrogen-bond acceptors (Lipinski definition) is 4. The van der Waals surface area contributed by atoms with E-state index in [-0.39, 0.29) is 11.3 Å². The molecule has 0 aliphatic heterocycles. The minimum Gasteiger partial charge on any atom is -0.497 e. The Kier molecular flexibility index (Phi) is 6.12. The third kappa shape index (κ3) is 4.59. The molecule has 0 atom stereocenters. The molecule has 1 amide bonds. The Balaban J connectivity index is 1.67. The average Bonchev–Trinajstić information content (AvgIpc) is 3.23. The van der Waals surface area contributed by atoms with Crippen LogP contribution in [0.15, 0.2) is 85.1 Å². The summed E-state index contributed by atoms with van der Waals surface area (Å²) in [5.41, 5.74) is 2.76. The highest BCUT2D eigenvalue weighted by Gasteiger charge is 2.17. The van der Waals surface area contributed by atoms with E-state index in [0.29, 0.717) is 11.7 Å². The summed E-state index contributed by atoms with van der Waals surface area (Å²) in [6.45, 7) is -2.93. The van der Waals surface area contributed by atoms with Crippen LogP contribution in [0.2, 0.25) is 0 Å². The minimum atomic E-state index is -2.93. The van der Waals surface area contributed by atoms with E-state index in [1.807, 2.05) is 59.2 Å². The molecule has 1 N–H and O–H groups in total. The molecule has 1 aromatic heterocycles. The van der Waals surface area contributed by atoms with Gasteiger partial charge in [-0.2, -0.15) is 8.78 Å². The summed E-state index contributed by atoms with van der Waals surface area (Å²) >= 11 is 0. The molecular weight excluding hydrogens is 416 g/mol. The summed E-state index contributed by atoms with van der Waals surface area (Å²) in [5.74, 6) is 0.551. The number of alkyl halides is 2. The van der Waals surface area contributed by atoms with Crippen molar-refractivity contribution in [3.63, 3.8) is 0 Å². The molecule has 0 saturated heterocycles. The lowest BCUT2D eigenvalue weighted by molar-refractivity contribution is -0.0498. The van der Waals surface area contributed by atoms with Crippen molar-refractivity contribution >= 4 is 11.9 Å². The van der Waals surface area contributed by atoms with Gasteiger partial charge in [-0.15, -0.1) is 0 Å². The Labute approximate surface area is 183 Å². The number of aromatic nitrogens is 2. The zero-order valence-corrected chi connectivity index (χ0v) is 17.0. The molecule has 4 aromatic rings. The number of halogens is 2. The summed E-state index contributed by atoms with van der Waals surface area (Å²) in [7, 11) is 1.59. The van der Waals surface area contributed by atoms with Crippen molar-refractivity contribution in [3.8, 4) is 28.4 Å². The highest BCUT2D eigenvalue weighted by Crippen LogP contribution is 2.28. The Bertz CT molecular complexity index is 1190. The van der Waals surface area contributed by atoms with Crippen molar-refractivity contribution in [3.05, 3.63) is 90.6 Å². The maximum Gasteiger partial charge on any atom is 0.387 e. The normalized spacial score (nSPS) is 10.8. The second-order valence-electron chi connectivity index (χ2n) is 6.72. The maximum atomic E-state index is 12.8. The molecule has 1 heterocycles. The van der Waals surface area contributed by atoms with Crippen molar-refractivity contribution in [1.82, 2.24) is 9.55 Å². The van der Waals surface area contributed by atoms with Crippen LogP contribution >= 0.6 is 0 Å². The smallest absolute Gasteiger partial charge is 0.387 e. The quantitative estimate of drug-likeness (QED) is 0.422. The lowest BCUT2D eigenvalue weighted by Gasteiger charge is -2.14. The molecule has 0 saturated carbocycles. The fourth-order valence-electron chi connectivity index (χ4n) is 3.21. The lowest BCUT2D eigenvalue weighted by Crippen LogP contribution is -2.16. The number of ether oxygens (including phenoxy) is 2. The van der Waals surface area contributed by atoms with Gasteiger partial charge in [-0.25, -0.2) is 4.98 Å². The number of anilines is 1. The van der Waals surface area contributed by atoms with Gasteiger partial charge in [0.1, 0.15) is 11.5 Å². The number of rotatable bonds is 7. The third-order valence-corrected chi connectivity index (χ3v) is 4.73. The van der Waals surface area contributed by atoms with Gasteiger partial charge >= 0.3 is 6.61 Å². The SMILES string of the molecule is COc1ccc(-n2c(-c3ccccc3)cnc2NC(=O)c2ccc(OC(F)F)cc2)cc1. The summed E-state index contributed by atoms with van der Waals surface area (Å²) in [6.07, 6.45) is 1.68. The molecular formula is C24H19F2N3O3. The van der Waals surface area contributed by atoms with E-state index in [9.17, 15) is 13.6 Å². The van der Waals surface area contributed by atoms with Crippen LogP contribution in [0.5, 0.6) is 11.5 Å². The predicted molar refractivity (Wildman–Crippen MR) is 117 cm³/mol. The van der Waals surface area contributed by atoms with Crippen molar-refractivity contribution in [1.29, 1.82) is 0 Å². The van der Waals surface area contributed by atoms with E-state index in [2.05, 4.69) is 15.0 Å². The summed E-state index contributed by atoms with van der Waals surface area (Å²) in [5, 5.41) is 2.80. The Morgan fingerprint density at radius 3 is 2.22 bits per heavy atom. The molecule has 0 unspecified atom stereocenters. The van der Waals surface area contributed by atoms with Gasteiger partial charge in [-0.05, 0) is 48.5 Å². The first-order valence-corrected chi connectivity index (χ1v) is 9.69. The second kappa shape index (κ2) is 9.30. The number of hydrogen-bond donors (Lipinski definition) is 1. The molecule has 0 fully saturated rings. The standard InChI is InChI=1S/C24H19F2N3O3/c1-31-19-13-9-18(10-14-19)29-21(16-5-3-2-4-6-16)15-27-24(29)28-22(30)17-7-11-20(12-8-17)32-23(25)26/h2-15,23H,1H3,(H,27,28,30). The minimum absolute atomic E-state index is 0.0253. The van der Waals surface area contributed by atoms with Crippen LogP contribution < -0.4 is 14.8 Å². The molecule has 0 aliphatic carbocycles. The van der Waals surface area contributed by atoms with Crippen molar-refractivity contribution in [2.24, 2.45) is 0 Å². The van der Waals surface area contributed by atoms with Gasteiger partial charge in [0.05, 0.1) is 19.0 Å². The monoisotopic (exact) mass is 435 g/mol. The molecule has 4 rings (SSSR count). The molecule has 32 heavy (non-hydrogen) atoms. The largest absolute Gasteiger partial charge is 0.497 e. The molecule has 0 spiro atoms. The van der Waals surface area contributed by atoms with Gasteiger partial charge < -0.3 is 9.47 Å². The zero-order valence-electron chi connectivity index (χ0n) is 17.0. The van der Waals surface area contributed by atoms with E-state index in [0.717, 1.165) is 16.9 Å². The molecule has 162 valence electrons. The zero-order chi connectivity index (χ0) is 22.5. The Morgan fingerprint density at radius 1 is 0.938 bits per heavy atom. The fraction of sp³-hybridized carbons (Fsp3) is 0.0833. The van der Waals surface area contributed by atoms with Crippen LogP contribution in [0.3, 0.4) is 0 Å². The number of carbonyl (C=O) groups excluding carboxylic acids is 1. The van der Waals surface area contributed by atoms with Crippen LogP contribution in [0.25, 0.3) is 16.9 Å². The van der Waals surface area contributed by atoms with E-state index < -0.39 is 12.5 Å². The lowest BCUT2D eigenvalue weighted by atomic mass is 10.1. The number of imidazole rings is 1. The van der Waals surface area contributed by atoms with Crippen LogP contribution in [-0.2, 0) is 0 Å². The highest BCUT2D eigenvalue weighted by atomic mass is 19.3. The first-order chi connectivity index (χ1) is 15.5. The fourth-order valence-corrected chi connectivity index (χ4v) is 3.21. The number of amides is 1. The first kappa shape index (κ1) is 21.0. The summed E-state index contributed by atoms with van der Waals surface area (Å²) in [6, 6.07) is 22.4. The summed E-state index contributed by atoms with van der Waals surface area (Å²) < 4.78 is 36.1. The highest BCUT2D eigenvalue weighted by molar-refractivity contribution is 6.03. The second-order valence-corrected chi connectivity index (χ2v) is 6.72. The van der Waals surface area contributed by atoms with E-state index >= 15 is 0 Å². The van der Waals surface area contributed by atoms with E-state index in [1.54, 1.807) is 13.3 Å². The number of benzene rings is 3. The number of methoxy groups -OCH3 is 1. The van der Waals surface area contributed by atoms with Crippen molar-refractivity contribution in [2.45, 2.75) is 6.61 Å². The van der Waals surface area contributed by atoms with Gasteiger partial charge in [0, 0.05) is 16.8 Å². The molecule has 0 radical (unpaired) electrons. The Morgan fingerprint density at radius 2 is 1.59 bits per heavy atom. The van der Waals surface area contributed by atoms with Crippen LogP contribution in [0.1, 0.15) is 10.4 Å². The van der Waals surface area contributed by atoms with E-state index in [4.69, 9.17) is 4.74 Å². The first-order valence-electron chi connectivity index (χ1n) is 9.69. The molecule has 3 aromatic carbocycles. The Hall–Kier alpha value is -4.20. The van der Waals surface area contributed by atoms with Gasteiger partial charge in [-0.1, -0.05) is 30.3 Å². The number of carbonyl (C=O) groups is 1. The van der Waals surface area contributed by atoms with Gasteiger partial charge in [0.2, 0.25) is 5.95 Å². The summed E-state index contributed by atoms with van der Waals surface area (Å²) in [4.78, 5) is 17.2. The molecule has 8 heteroatoms. The van der Waals surface area contributed by atoms with Gasteiger partial charge in [-0.3, -0.25) is 14.7 Å². The van der Waals surface area contributed by atoms with Gasteiger partial charge in [0.25, 0.3) is 5.91 Å². The topological polar surface area (TPSA) is 65.4 Å². The predicted octanol–water partition coefficient (Wildman–Crippen LogP) is 5.40. The molecule has 0 bridgehead atoms. The van der Waals surface area contributed by atoms with Crippen LogP contribution in [0.4, 0.5) is 14.7 Å².